The average molecular weight is 370 g/mol. The van der Waals surface area contributed by atoms with E-state index in [-0.39, 0.29) is 36.1 Å². The SMILES string of the molecule is CCNC(=O)CN1CCN(S(=O)(=O)c2ccc(C)c([N+](=O)[O-])c2)CC1. The third kappa shape index (κ3) is 4.53. The van der Waals surface area contributed by atoms with Crippen LogP contribution in [0.4, 0.5) is 5.69 Å². The molecule has 1 N–H and O–H groups in total. The average Bonchev–Trinajstić information content (AvgIpc) is 2.55. The summed E-state index contributed by atoms with van der Waals surface area (Å²) in [5.41, 5.74) is 0.201. The molecule has 1 aromatic carbocycles. The van der Waals surface area contributed by atoms with Crippen LogP contribution in [0.5, 0.6) is 0 Å². The molecule has 1 aliphatic heterocycles. The first kappa shape index (κ1) is 19.3. The van der Waals surface area contributed by atoms with Gasteiger partial charge in [-0.25, -0.2) is 8.42 Å². The summed E-state index contributed by atoms with van der Waals surface area (Å²) in [6.07, 6.45) is 0. The number of hydrogen-bond donors (Lipinski definition) is 1. The molecule has 0 atom stereocenters. The highest BCUT2D eigenvalue weighted by Crippen LogP contribution is 2.25. The van der Waals surface area contributed by atoms with Crippen LogP contribution in [-0.2, 0) is 14.8 Å². The lowest BCUT2D eigenvalue weighted by atomic mass is 10.2. The van der Waals surface area contributed by atoms with E-state index in [0.717, 1.165) is 6.07 Å². The predicted molar refractivity (Wildman–Crippen MR) is 91.7 cm³/mol. The number of nitro groups is 1. The Labute approximate surface area is 146 Å². The van der Waals surface area contributed by atoms with Gasteiger partial charge >= 0.3 is 0 Å². The molecule has 1 saturated heterocycles. The summed E-state index contributed by atoms with van der Waals surface area (Å²) >= 11 is 0. The van der Waals surface area contributed by atoms with Crippen molar-refractivity contribution in [3.8, 4) is 0 Å². The first-order valence-electron chi connectivity index (χ1n) is 8.00. The smallest absolute Gasteiger partial charge is 0.273 e. The van der Waals surface area contributed by atoms with Crippen molar-refractivity contribution >= 4 is 21.6 Å². The third-order valence-corrected chi connectivity index (χ3v) is 5.98. The molecule has 0 bridgehead atoms. The van der Waals surface area contributed by atoms with E-state index in [9.17, 15) is 23.3 Å². The van der Waals surface area contributed by atoms with Crippen LogP contribution in [0.1, 0.15) is 12.5 Å². The summed E-state index contributed by atoms with van der Waals surface area (Å²) in [5, 5.41) is 13.7. The van der Waals surface area contributed by atoms with Crippen molar-refractivity contribution in [2.45, 2.75) is 18.7 Å². The van der Waals surface area contributed by atoms with Crippen molar-refractivity contribution in [2.75, 3.05) is 39.3 Å². The van der Waals surface area contributed by atoms with Crippen molar-refractivity contribution in [1.29, 1.82) is 0 Å². The minimum atomic E-state index is -3.80. The Kier molecular flexibility index (Phi) is 6.09. The zero-order chi connectivity index (χ0) is 18.6. The van der Waals surface area contributed by atoms with Crippen LogP contribution in [0.25, 0.3) is 0 Å². The monoisotopic (exact) mass is 370 g/mol. The number of nitrogens with zero attached hydrogens (tertiary/aromatic N) is 3. The maximum Gasteiger partial charge on any atom is 0.273 e. The van der Waals surface area contributed by atoms with Gasteiger partial charge in [-0.3, -0.25) is 19.8 Å². The lowest BCUT2D eigenvalue weighted by molar-refractivity contribution is -0.385. The van der Waals surface area contributed by atoms with Gasteiger partial charge in [0.1, 0.15) is 0 Å². The predicted octanol–water partition coefficient (Wildman–Crippen LogP) is 0.346. The fourth-order valence-electron chi connectivity index (χ4n) is 2.68. The first-order valence-corrected chi connectivity index (χ1v) is 9.44. The van der Waals surface area contributed by atoms with E-state index >= 15 is 0 Å². The number of sulfonamides is 1. The van der Waals surface area contributed by atoms with E-state index in [2.05, 4.69) is 5.32 Å². The molecule has 1 fully saturated rings. The maximum atomic E-state index is 12.7. The molecule has 1 heterocycles. The molecule has 0 spiro atoms. The largest absolute Gasteiger partial charge is 0.355 e. The van der Waals surface area contributed by atoms with E-state index in [1.165, 1.54) is 16.4 Å². The van der Waals surface area contributed by atoms with Crippen LogP contribution < -0.4 is 5.32 Å². The number of amides is 1. The topological polar surface area (TPSA) is 113 Å². The van der Waals surface area contributed by atoms with Gasteiger partial charge in [0.2, 0.25) is 15.9 Å². The summed E-state index contributed by atoms with van der Waals surface area (Å²) in [5.74, 6) is -0.0898. The molecule has 2 rings (SSSR count). The quantitative estimate of drug-likeness (QED) is 0.571. The summed E-state index contributed by atoms with van der Waals surface area (Å²) in [6.45, 7) is 5.54. The minimum absolute atomic E-state index is 0.0815. The van der Waals surface area contributed by atoms with Crippen molar-refractivity contribution in [3.05, 3.63) is 33.9 Å². The number of nitro benzene ring substituents is 1. The third-order valence-electron chi connectivity index (χ3n) is 4.09. The highest BCUT2D eigenvalue weighted by Gasteiger charge is 2.30. The Morgan fingerprint density at radius 1 is 1.28 bits per heavy atom. The Hall–Kier alpha value is -2.04. The summed E-state index contributed by atoms with van der Waals surface area (Å²) in [4.78, 5) is 23.8. The van der Waals surface area contributed by atoms with Crippen molar-refractivity contribution in [3.63, 3.8) is 0 Å². The van der Waals surface area contributed by atoms with Crippen molar-refractivity contribution < 1.29 is 18.1 Å². The molecular formula is C15H22N4O5S. The van der Waals surface area contributed by atoms with Crippen molar-refractivity contribution in [2.24, 2.45) is 0 Å². The number of nitrogens with one attached hydrogen (secondary N) is 1. The Morgan fingerprint density at radius 2 is 1.92 bits per heavy atom. The van der Waals surface area contributed by atoms with Gasteiger partial charge in [0.15, 0.2) is 0 Å². The summed E-state index contributed by atoms with van der Waals surface area (Å²) in [6, 6.07) is 3.93. The normalized spacial score (nSPS) is 16.6. The Balaban J connectivity index is 2.08. The number of hydrogen-bond acceptors (Lipinski definition) is 6. The lowest BCUT2D eigenvalue weighted by Gasteiger charge is -2.33. The fourth-order valence-corrected chi connectivity index (χ4v) is 4.12. The zero-order valence-electron chi connectivity index (χ0n) is 14.3. The standard InChI is InChI=1S/C15H22N4O5S/c1-3-16-15(20)11-17-6-8-18(9-7-17)25(23,24)13-5-4-12(2)14(10-13)19(21)22/h4-5,10H,3,6-9,11H2,1-2H3,(H,16,20). The van der Waals surface area contributed by atoms with Crippen LogP contribution >= 0.6 is 0 Å². The number of benzene rings is 1. The molecule has 1 aliphatic rings. The molecule has 0 radical (unpaired) electrons. The fraction of sp³-hybridized carbons (Fsp3) is 0.533. The van der Waals surface area contributed by atoms with Gasteiger partial charge < -0.3 is 5.32 Å². The van der Waals surface area contributed by atoms with Crippen LogP contribution in [0.3, 0.4) is 0 Å². The number of carbonyl (C=O) groups excluding carboxylic acids is 1. The van der Waals surface area contributed by atoms with E-state index in [1.54, 1.807) is 6.92 Å². The van der Waals surface area contributed by atoms with Gasteiger partial charge in [-0.1, -0.05) is 6.07 Å². The van der Waals surface area contributed by atoms with Crippen LogP contribution in [0, 0.1) is 17.0 Å². The molecule has 0 aliphatic carbocycles. The summed E-state index contributed by atoms with van der Waals surface area (Å²) < 4.78 is 26.7. The number of likely N-dealkylation sites (N-methyl/N-ethyl adjacent to an activating group) is 1. The molecule has 25 heavy (non-hydrogen) atoms. The van der Waals surface area contributed by atoms with Gasteiger partial charge in [0.25, 0.3) is 5.69 Å². The maximum absolute atomic E-state index is 12.7. The van der Waals surface area contributed by atoms with Gasteiger partial charge in [-0.05, 0) is 19.9 Å². The second-order valence-corrected chi connectivity index (χ2v) is 7.78. The Morgan fingerprint density at radius 3 is 2.48 bits per heavy atom. The van der Waals surface area contributed by atoms with E-state index in [4.69, 9.17) is 0 Å². The lowest BCUT2D eigenvalue weighted by Crippen LogP contribution is -2.51. The van der Waals surface area contributed by atoms with E-state index < -0.39 is 14.9 Å². The van der Waals surface area contributed by atoms with Crippen LogP contribution in [0.15, 0.2) is 23.1 Å². The zero-order valence-corrected chi connectivity index (χ0v) is 15.1. The number of carbonyl (C=O) groups is 1. The molecule has 1 amide bonds. The van der Waals surface area contributed by atoms with Gasteiger partial charge in [0.05, 0.1) is 16.4 Å². The molecule has 0 saturated carbocycles. The second kappa shape index (κ2) is 7.89. The molecular weight excluding hydrogens is 348 g/mol. The van der Waals surface area contributed by atoms with Crippen LogP contribution in [-0.4, -0.2) is 67.7 Å². The highest BCUT2D eigenvalue weighted by molar-refractivity contribution is 7.89. The molecule has 9 nitrogen and oxygen atoms in total. The van der Waals surface area contributed by atoms with E-state index in [1.807, 2.05) is 11.8 Å². The minimum Gasteiger partial charge on any atom is -0.355 e. The molecule has 138 valence electrons. The molecule has 10 heteroatoms. The molecule has 1 aromatic rings. The van der Waals surface area contributed by atoms with Crippen molar-refractivity contribution in [1.82, 2.24) is 14.5 Å². The summed E-state index contributed by atoms with van der Waals surface area (Å²) in [7, 11) is -3.80. The van der Waals surface area contributed by atoms with Gasteiger partial charge in [-0.15, -0.1) is 0 Å². The highest BCUT2D eigenvalue weighted by atomic mass is 32.2. The van der Waals surface area contributed by atoms with Crippen LogP contribution in [0.2, 0.25) is 0 Å². The van der Waals surface area contributed by atoms with Gasteiger partial charge in [0, 0.05) is 44.4 Å². The van der Waals surface area contributed by atoms with Gasteiger partial charge in [-0.2, -0.15) is 4.31 Å². The first-order chi connectivity index (χ1) is 11.8. The number of rotatable bonds is 6. The number of piperazine rings is 1. The second-order valence-electron chi connectivity index (χ2n) is 5.84. The van der Waals surface area contributed by atoms with E-state index in [0.29, 0.717) is 25.2 Å². The molecule has 0 aromatic heterocycles. The number of aryl methyl sites for hydroxylation is 1. The molecule has 0 unspecified atom stereocenters. The Bertz CT molecular complexity index is 757.